The molecule has 1 atom stereocenters. The van der Waals surface area contributed by atoms with Crippen molar-refractivity contribution < 1.29 is 0 Å². The van der Waals surface area contributed by atoms with Crippen molar-refractivity contribution in [3.05, 3.63) is 23.2 Å². The van der Waals surface area contributed by atoms with E-state index in [-0.39, 0.29) is 0 Å². The Kier molecular flexibility index (Phi) is 3.06. The largest absolute Gasteiger partial charge is 0.383 e. The first kappa shape index (κ1) is 10.6. The van der Waals surface area contributed by atoms with Crippen molar-refractivity contribution >= 4 is 23.0 Å². The molecule has 2 rings (SSSR count). The van der Waals surface area contributed by atoms with Crippen LogP contribution in [-0.2, 0) is 0 Å². The van der Waals surface area contributed by atoms with E-state index in [1.54, 1.807) is 0 Å². The molecule has 1 unspecified atom stereocenters. The molecular formula is C12H17ClN2. The number of nitrogens with zero attached hydrogens (tertiary/aromatic N) is 1. The predicted octanol–water partition coefficient (Wildman–Crippen LogP) is 3.23. The number of benzene rings is 1. The molecule has 82 valence electrons. The molecule has 1 aliphatic rings. The fraction of sp³-hybridized carbons (Fsp3) is 0.500. The molecule has 0 amide bonds. The summed E-state index contributed by atoms with van der Waals surface area (Å²) in [5, 5.41) is 4.27. The zero-order chi connectivity index (χ0) is 10.8. The van der Waals surface area contributed by atoms with Gasteiger partial charge in [-0.25, -0.2) is 0 Å². The normalized spacial score (nSPS) is 20.5. The molecule has 0 aliphatic carbocycles. The smallest absolute Gasteiger partial charge is 0.0616 e. The number of fused-ring (bicyclic) bond motifs is 1. The fourth-order valence-corrected chi connectivity index (χ4v) is 2.21. The van der Waals surface area contributed by atoms with Crippen LogP contribution in [0.5, 0.6) is 0 Å². The van der Waals surface area contributed by atoms with Gasteiger partial charge >= 0.3 is 0 Å². The SMILES string of the molecule is CCN1CC(C)CNc2ccc(Cl)cc21. The van der Waals surface area contributed by atoms with E-state index in [1.807, 2.05) is 12.1 Å². The topological polar surface area (TPSA) is 15.3 Å². The number of hydrogen-bond acceptors (Lipinski definition) is 2. The number of anilines is 2. The molecule has 0 saturated carbocycles. The Hall–Kier alpha value is -0.890. The summed E-state index contributed by atoms with van der Waals surface area (Å²) in [7, 11) is 0. The Morgan fingerprint density at radius 2 is 2.33 bits per heavy atom. The van der Waals surface area contributed by atoms with E-state index in [9.17, 15) is 0 Å². The van der Waals surface area contributed by atoms with Crippen LogP contribution in [0.2, 0.25) is 5.02 Å². The summed E-state index contributed by atoms with van der Waals surface area (Å²) in [4.78, 5) is 2.38. The summed E-state index contributed by atoms with van der Waals surface area (Å²) in [5.41, 5.74) is 2.43. The lowest BCUT2D eigenvalue weighted by atomic mass is 10.2. The van der Waals surface area contributed by atoms with Crippen molar-refractivity contribution in [2.45, 2.75) is 13.8 Å². The van der Waals surface area contributed by atoms with Crippen LogP contribution < -0.4 is 10.2 Å². The van der Waals surface area contributed by atoms with Crippen molar-refractivity contribution in [3.8, 4) is 0 Å². The molecule has 1 aliphatic heterocycles. The van der Waals surface area contributed by atoms with Crippen LogP contribution in [0.25, 0.3) is 0 Å². The standard InChI is InChI=1S/C12H17ClN2/c1-3-15-8-9(2)7-14-11-5-4-10(13)6-12(11)15/h4-6,9,14H,3,7-8H2,1-2H3. The van der Waals surface area contributed by atoms with Crippen LogP contribution >= 0.6 is 11.6 Å². The van der Waals surface area contributed by atoms with E-state index in [2.05, 4.69) is 30.1 Å². The van der Waals surface area contributed by atoms with Crippen LogP contribution in [0, 0.1) is 5.92 Å². The number of nitrogens with one attached hydrogen (secondary N) is 1. The second kappa shape index (κ2) is 4.31. The van der Waals surface area contributed by atoms with Crippen LogP contribution in [0.15, 0.2) is 18.2 Å². The van der Waals surface area contributed by atoms with Crippen molar-refractivity contribution in [3.63, 3.8) is 0 Å². The molecule has 15 heavy (non-hydrogen) atoms. The van der Waals surface area contributed by atoms with Gasteiger partial charge in [-0.15, -0.1) is 0 Å². The summed E-state index contributed by atoms with van der Waals surface area (Å²) in [6.07, 6.45) is 0. The van der Waals surface area contributed by atoms with Crippen LogP contribution in [0.1, 0.15) is 13.8 Å². The summed E-state index contributed by atoms with van der Waals surface area (Å²) in [5.74, 6) is 0.663. The van der Waals surface area contributed by atoms with E-state index in [0.29, 0.717) is 5.92 Å². The van der Waals surface area contributed by atoms with Gasteiger partial charge in [-0.3, -0.25) is 0 Å². The fourth-order valence-electron chi connectivity index (χ4n) is 2.04. The van der Waals surface area contributed by atoms with E-state index >= 15 is 0 Å². The molecule has 1 heterocycles. The minimum atomic E-state index is 0.663. The van der Waals surface area contributed by atoms with Gasteiger partial charge in [0, 0.05) is 24.7 Å². The van der Waals surface area contributed by atoms with Gasteiger partial charge in [0.1, 0.15) is 0 Å². The van der Waals surface area contributed by atoms with Crippen LogP contribution in [-0.4, -0.2) is 19.6 Å². The maximum absolute atomic E-state index is 6.03. The second-order valence-corrected chi connectivity index (χ2v) is 4.62. The molecule has 1 N–H and O–H groups in total. The first-order valence-electron chi connectivity index (χ1n) is 5.49. The molecule has 0 bridgehead atoms. The van der Waals surface area contributed by atoms with Crippen molar-refractivity contribution in [2.24, 2.45) is 5.92 Å². The molecular weight excluding hydrogens is 208 g/mol. The Balaban J connectivity index is 2.39. The number of hydrogen-bond donors (Lipinski definition) is 1. The van der Waals surface area contributed by atoms with Crippen LogP contribution in [0.4, 0.5) is 11.4 Å². The van der Waals surface area contributed by atoms with Crippen molar-refractivity contribution in [1.82, 2.24) is 0 Å². The summed E-state index contributed by atoms with van der Waals surface area (Å²) in [6, 6.07) is 6.06. The van der Waals surface area contributed by atoms with Gasteiger partial charge in [-0.2, -0.15) is 0 Å². The highest BCUT2D eigenvalue weighted by atomic mass is 35.5. The highest BCUT2D eigenvalue weighted by Crippen LogP contribution is 2.31. The van der Waals surface area contributed by atoms with Gasteiger partial charge in [0.2, 0.25) is 0 Å². The predicted molar refractivity (Wildman–Crippen MR) is 67.0 cm³/mol. The molecule has 1 aromatic carbocycles. The number of halogens is 1. The zero-order valence-corrected chi connectivity index (χ0v) is 10.0. The monoisotopic (exact) mass is 224 g/mol. The van der Waals surface area contributed by atoms with Gasteiger partial charge in [0.15, 0.2) is 0 Å². The average Bonchev–Trinajstić information content (AvgIpc) is 2.38. The third-order valence-corrected chi connectivity index (χ3v) is 3.09. The third kappa shape index (κ3) is 2.20. The van der Waals surface area contributed by atoms with Gasteiger partial charge in [0.25, 0.3) is 0 Å². The van der Waals surface area contributed by atoms with Gasteiger partial charge in [0.05, 0.1) is 11.4 Å². The minimum absolute atomic E-state index is 0.663. The van der Waals surface area contributed by atoms with Crippen molar-refractivity contribution in [2.75, 3.05) is 29.9 Å². The third-order valence-electron chi connectivity index (χ3n) is 2.86. The highest BCUT2D eigenvalue weighted by Gasteiger charge is 2.17. The average molecular weight is 225 g/mol. The molecule has 2 nitrogen and oxygen atoms in total. The zero-order valence-electron chi connectivity index (χ0n) is 9.26. The molecule has 0 radical (unpaired) electrons. The Labute approximate surface area is 96.2 Å². The molecule has 0 aromatic heterocycles. The lowest BCUT2D eigenvalue weighted by Gasteiger charge is -2.24. The number of rotatable bonds is 1. The Morgan fingerprint density at radius 1 is 1.53 bits per heavy atom. The lowest BCUT2D eigenvalue weighted by molar-refractivity contribution is 0.602. The quantitative estimate of drug-likeness (QED) is 0.788. The van der Waals surface area contributed by atoms with Crippen molar-refractivity contribution in [1.29, 1.82) is 0 Å². The van der Waals surface area contributed by atoms with E-state index in [0.717, 1.165) is 24.7 Å². The maximum atomic E-state index is 6.03. The summed E-state index contributed by atoms with van der Waals surface area (Å²) >= 11 is 6.03. The van der Waals surface area contributed by atoms with Gasteiger partial charge in [-0.05, 0) is 31.0 Å². The summed E-state index contributed by atoms with van der Waals surface area (Å²) < 4.78 is 0. The lowest BCUT2D eigenvalue weighted by Crippen LogP contribution is -2.28. The van der Waals surface area contributed by atoms with E-state index in [1.165, 1.54) is 11.4 Å². The second-order valence-electron chi connectivity index (χ2n) is 4.19. The Bertz CT molecular complexity index is 351. The van der Waals surface area contributed by atoms with E-state index in [4.69, 9.17) is 11.6 Å². The molecule has 0 saturated heterocycles. The molecule has 3 heteroatoms. The minimum Gasteiger partial charge on any atom is -0.383 e. The molecule has 0 spiro atoms. The Morgan fingerprint density at radius 3 is 3.07 bits per heavy atom. The van der Waals surface area contributed by atoms with Gasteiger partial charge < -0.3 is 10.2 Å². The molecule has 0 fully saturated rings. The first-order chi connectivity index (χ1) is 7.20. The van der Waals surface area contributed by atoms with Gasteiger partial charge in [-0.1, -0.05) is 18.5 Å². The van der Waals surface area contributed by atoms with E-state index < -0.39 is 0 Å². The molecule has 1 aromatic rings. The van der Waals surface area contributed by atoms with Crippen LogP contribution in [0.3, 0.4) is 0 Å². The first-order valence-corrected chi connectivity index (χ1v) is 5.87. The highest BCUT2D eigenvalue weighted by molar-refractivity contribution is 6.31. The summed E-state index contributed by atoms with van der Waals surface area (Å²) in [6.45, 7) is 7.60. The maximum Gasteiger partial charge on any atom is 0.0616 e.